The highest BCUT2D eigenvalue weighted by atomic mass is 16.7. The number of amides is 1. The molecule has 0 saturated carbocycles. The molecule has 0 aromatic rings. The van der Waals surface area contributed by atoms with Gasteiger partial charge in [0.1, 0.15) is 18.3 Å². The van der Waals surface area contributed by atoms with Crippen LogP contribution in [0, 0.1) is 0 Å². The van der Waals surface area contributed by atoms with E-state index in [2.05, 4.69) is 5.32 Å². The molecule has 2 fully saturated rings. The fraction of sp³-hybridized carbons (Fsp3) is 0.909. The fourth-order valence-corrected chi connectivity index (χ4v) is 2.32. The zero-order chi connectivity index (χ0) is 13.3. The summed E-state index contributed by atoms with van der Waals surface area (Å²) in [5.74, 6) is -0.239. The van der Waals surface area contributed by atoms with Gasteiger partial charge in [0.2, 0.25) is 5.91 Å². The van der Waals surface area contributed by atoms with Gasteiger partial charge in [0.15, 0.2) is 12.6 Å². The van der Waals surface area contributed by atoms with E-state index in [1.54, 1.807) is 6.92 Å². The second-order valence-electron chi connectivity index (χ2n) is 4.50. The third kappa shape index (κ3) is 2.65. The monoisotopic (exact) mass is 261 g/mol. The number of rotatable bonds is 2. The van der Waals surface area contributed by atoms with Gasteiger partial charge in [0, 0.05) is 14.0 Å². The summed E-state index contributed by atoms with van der Waals surface area (Å²) >= 11 is 0. The van der Waals surface area contributed by atoms with Gasteiger partial charge >= 0.3 is 0 Å². The topological polar surface area (TPSA) is 86.3 Å². The van der Waals surface area contributed by atoms with Crippen molar-refractivity contribution in [2.75, 3.05) is 13.7 Å². The zero-order valence-corrected chi connectivity index (χ0v) is 10.7. The van der Waals surface area contributed by atoms with E-state index >= 15 is 0 Å². The first-order chi connectivity index (χ1) is 8.52. The van der Waals surface area contributed by atoms with Crippen molar-refractivity contribution in [3.05, 3.63) is 0 Å². The molecule has 0 bridgehead atoms. The summed E-state index contributed by atoms with van der Waals surface area (Å²) in [6.45, 7) is 3.49. The maximum Gasteiger partial charge on any atom is 0.217 e. The Hall–Kier alpha value is -0.730. The third-order valence-electron chi connectivity index (χ3n) is 3.12. The highest BCUT2D eigenvalue weighted by Crippen LogP contribution is 2.28. The summed E-state index contributed by atoms with van der Waals surface area (Å²) in [5, 5.41) is 12.8. The number of carbonyl (C=O) groups is 1. The zero-order valence-electron chi connectivity index (χ0n) is 10.7. The number of carbonyl (C=O) groups excluding carboxylic acids is 1. The Morgan fingerprint density at radius 1 is 1.44 bits per heavy atom. The first-order valence-corrected chi connectivity index (χ1v) is 5.93. The predicted molar refractivity (Wildman–Crippen MR) is 59.6 cm³/mol. The number of aliphatic hydroxyl groups excluding tert-OH is 1. The number of hydrogen-bond acceptors (Lipinski definition) is 6. The van der Waals surface area contributed by atoms with Crippen LogP contribution in [0.5, 0.6) is 0 Å². The van der Waals surface area contributed by atoms with Gasteiger partial charge in [-0.05, 0) is 6.92 Å². The minimum atomic E-state index is -0.981. The molecule has 18 heavy (non-hydrogen) atoms. The highest BCUT2D eigenvalue weighted by Gasteiger charge is 2.49. The predicted octanol–water partition coefficient (Wildman–Crippen LogP) is -1.02. The molecule has 2 saturated heterocycles. The number of aliphatic hydroxyl groups is 1. The number of hydrogen-bond donors (Lipinski definition) is 2. The summed E-state index contributed by atoms with van der Waals surface area (Å²) in [6.07, 6.45) is -2.99. The summed E-state index contributed by atoms with van der Waals surface area (Å²) in [7, 11) is 1.44. The lowest BCUT2D eigenvalue weighted by Gasteiger charge is -2.47. The highest BCUT2D eigenvalue weighted by molar-refractivity contribution is 5.73. The van der Waals surface area contributed by atoms with E-state index in [1.165, 1.54) is 14.0 Å². The van der Waals surface area contributed by atoms with Crippen LogP contribution < -0.4 is 5.32 Å². The molecular formula is C11H19NO6. The lowest BCUT2D eigenvalue weighted by Crippen LogP contribution is -2.67. The van der Waals surface area contributed by atoms with Crippen LogP contribution in [0.15, 0.2) is 0 Å². The largest absolute Gasteiger partial charge is 0.386 e. The van der Waals surface area contributed by atoms with E-state index in [-0.39, 0.29) is 12.0 Å². The maximum absolute atomic E-state index is 11.2. The Balaban J connectivity index is 2.16. The summed E-state index contributed by atoms with van der Waals surface area (Å²) in [5.41, 5.74) is 0. The average Bonchev–Trinajstić information content (AvgIpc) is 2.32. The van der Waals surface area contributed by atoms with E-state index in [0.29, 0.717) is 6.61 Å². The molecule has 7 heteroatoms. The molecule has 0 aromatic carbocycles. The molecule has 0 aromatic heterocycles. The van der Waals surface area contributed by atoms with Gasteiger partial charge in [-0.2, -0.15) is 0 Å². The maximum atomic E-state index is 11.2. The Morgan fingerprint density at radius 2 is 2.17 bits per heavy atom. The molecule has 2 N–H and O–H groups in total. The molecule has 6 atom stereocenters. The van der Waals surface area contributed by atoms with Gasteiger partial charge in [-0.15, -0.1) is 0 Å². The van der Waals surface area contributed by atoms with Crippen LogP contribution in [0.1, 0.15) is 13.8 Å². The number of ether oxygens (including phenoxy) is 4. The minimum absolute atomic E-state index is 0.239. The van der Waals surface area contributed by atoms with Crippen LogP contribution in [0.25, 0.3) is 0 Å². The van der Waals surface area contributed by atoms with Crippen LogP contribution >= 0.6 is 0 Å². The van der Waals surface area contributed by atoms with Crippen LogP contribution in [-0.2, 0) is 23.7 Å². The molecular weight excluding hydrogens is 242 g/mol. The molecule has 0 spiro atoms. The number of nitrogens with one attached hydrogen (secondary N) is 1. The quantitative estimate of drug-likeness (QED) is 0.662. The van der Waals surface area contributed by atoms with Crippen molar-refractivity contribution >= 4 is 5.91 Å². The second-order valence-corrected chi connectivity index (χ2v) is 4.50. The molecule has 2 aliphatic rings. The molecule has 2 heterocycles. The SMILES string of the molecule is COC1OC2COC(C)OC2C(NC(C)=O)C1O. The molecule has 0 aliphatic carbocycles. The Morgan fingerprint density at radius 3 is 2.78 bits per heavy atom. The van der Waals surface area contributed by atoms with Gasteiger partial charge in [0.25, 0.3) is 0 Å². The third-order valence-corrected chi connectivity index (χ3v) is 3.12. The smallest absolute Gasteiger partial charge is 0.217 e. The standard InChI is InChI=1S/C11H19NO6/c1-5(13)12-8-9(14)11(15-3)18-7-4-16-6(2)17-10(7)8/h6-11,14H,4H2,1-3H3,(H,12,13). The van der Waals surface area contributed by atoms with E-state index in [0.717, 1.165) is 0 Å². The van der Waals surface area contributed by atoms with E-state index in [9.17, 15) is 9.90 Å². The van der Waals surface area contributed by atoms with Crippen molar-refractivity contribution in [1.82, 2.24) is 5.32 Å². The Bertz CT molecular complexity index is 312. The minimum Gasteiger partial charge on any atom is -0.386 e. The van der Waals surface area contributed by atoms with Gasteiger partial charge in [-0.1, -0.05) is 0 Å². The first-order valence-electron chi connectivity index (χ1n) is 5.93. The van der Waals surface area contributed by atoms with Crippen molar-refractivity contribution in [1.29, 1.82) is 0 Å². The van der Waals surface area contributed by atoms with Gasteiger partial charge < -0.3 is 29.4 Å². The van der Waals surface area contributed by atoms with Crippen molar-refractivity contribution in [3.8, 4) is 0 Å². The van der Waals surface area contributed by atoms with E-state index < -0.39 is 30.8 Å². The first kappa shape index (κ1) is 13.7. The molecule has 2 aliphatic heterocycles. The summed E-state index contributed by atoms with van der Waals surface area (Å²) in [4.78, 5) is 11.2. The van der Waals surface area contributed by atoms with Gasteiger partial charge in [-0.25, -0.2) is 0 Å². The molecule has 6 unspecified atom stereocenters. The van der Waals surface area contributed by atoms with E-state index in [1.807, 2.05) is 0 Å². The lowest BCUT2D eigenvalue weighted by molar-refractivity contribution is -0.334. The van der Waals surface area contributed by atoms with Crippen molar-refractivity contribution in [3.63, 3.8) is 0 Å². The number of fused-ring (bicyclic) bond motifs is 1. The molecule has 104 valence electrons. The van der Waals surface area contributed by atoms with Crippen molar-refractivity contribution in [2.45, 2.75) is 50.8 Å². The summed E-state index contributed by atoms with van der Waals surface area (Å²) < 4.78 is 21.5. The summed E-state index contributed by atoms with van der Waals surface area (Å²) in [6, 6.07) is -0.572. The van der Waals surface area contributed by atoms with Gasteiger partial charge in [0.05, 0.1) is 12.6 Å². The van der Waals surface area contributed by atoms with Crippen LogP contribution in [-0.4, -0.2) is 61.7 Å². The second kappa shape index (κ2) is 5.50. The normalized spacial score (nSPS) is 44.2. The Labute approximate surface area is 105 Å². The molecule has 7 nitrogen and oxygen atoms in total. The number of methoxy groups -OCH3 is 1. The van der Waals surface area contributed by atoms with Crippen molar-refractivity contribution < 1.29 is 28.8 Å². The Kier molecular flexibility index (Phi) is 4.18. The van der Waals surface area contributed by atoms with Crippen LogP contribution in [0.4, 0.5) is 0 Å². The van der Waals surface area contributed by atoms with E-state index in [4.69, 9.17) is 18.9 Å². The lowest BCUT2D eigenvalue weighted by atomic mass is 9.95. The average molecular weight is 261 g/mol. The molecule has 1 amide bonds. The van der Waals surface area contributed by atoms with Gasteiger partial charge in [-0.3, -0.25) is 4.79 Å². The van der Waals surface area contributed by atoms with Crippen LogP contribution in [0.2, 0.25) is 0 Å². The van der Waals surface area contributed by atoms with Crippen molar-refractivity contribution in [2.24, 2.45) is 0 Å². The fourth-order valence-electron chi connectivity index (χ4n) is 2.32. The van der Waals surface area contributed by atoms with Crippen LogP contribution in [0.3, 0.4) is 0 Å². The molecule has 0 radical (unpaired) electrons. The molecule has 2 rings (SSSR count).